The highest BCUT2D eigenvalue weighted by atomic mass is 79.9. The second-order valence-corrected chi connectivity index (χ2v) is 4.98. The van der Waals surface area contributed by atoms with E-state index in [1.807, 2.05) is 0 Å². The standard InChI is InChI=1S/C12H9BrClFO/c13-7-1-3-9(11(15)5-7)10-6-8(14)2-4-12(10)16/h1,3,5-6,16H,2,4H2. The summed E-state index contributed by atoms with van der Waals surface area (Å²) in [6.07, 6.45) is 2.68. The monoisotopic (exact) mass is 302 g/mol. The molecule has 2 rings (SSSR count). The van der Waals surface area contributed by atoms with Crippen LogP contribution in [0, 0.1) is 5.82 Å². The average molecular weight is 304 g/mol. The van der Waals surface area contributed by atoms with E-state index in [0.717, 1.165) is 0 Å². The van der Waals surface area contributed by atoms with Crippen LogP contribution in [0.25, 0.3) is 5.57 Å². The molecule has 0 fully saturated rings. The number of aliphatic hydroxyl groups excluding tert-OH is 1. The lowest BCUT2D eigenvalue weighted by atomic mass is 9.97. The first-order valence-electron chi connectivity index (χ1n) is 4.81. The van der Waals surface area contributed by atoms with Gasteiger partial charge in [-0.15, -0.1) is 0 Å². The first-order chi connectivity index (χ1) is 7.58. The molecule has 4 heteroatoms. The minimum absolute atomic E-state index is 0.186. The summed E-state index contributed by atoms with van der Waals surface area (Å²) >= 11 is 9.08. The van der Waals surface area contributed by atoms with Crippen molar-refractivity contribution in [2.75, 3.05) is 0 Å². The summed E-state index contributed by atoms with van der Waals surface area (Å²) in [5.74, 6) is -0.191. The van der Waals surface area contributed by atoms with Gasteiger partial charge in [-0.25, -0.2) is 4.39 Å². The highest BCUT2D eigenvalue weighted by molar-refractivity contribution is 9.10. The van der Waals surface area contributed by atoms with Crippen LogP contribution in [-0.4, -0.2) is 5.11 Å². The van der Waals surface area contributed by atoms with Gasteiger partial charge in [-0.3, -0.25) is 0 Å². The van der Waals surface area contributed by atoms with E-state index in [1.165, 1.54) is 6.07 Å². The number of hydrogen-bond acceptors (Lipinski definition) is 1. The molecule has 0 saturated heterocycles. The Balaban J connectivity index is 2.52. The number of rotatable bonds is 1. The molecule has 1 N–H and O–H groups in total. The molecule has 1 aliphatic rings. The largest absolute Gasteiger partial charge is 0.512 e. The fourth-order valence-corrected chi connectivity index (χ4v) is 2.16. The summed E-state index contributed by atoms with van der Waals surface area (Å²) in [5, 5.41) is 10.4. The zero-order chi connectivity index (χ0) is 11.7. The summed E-state index contributed by atoms with van der Waals surface area (Å²) in [6.45, 7) is 0. The van der Waals surface area contributed by atoms with Crippen LogP contribution in [0.1, 0.15) is 18.4 Å². The van der Waals surface area contributed by atoms with Crippen LogP contribution in [0.5, 0.6) is 0 Å². The van der Waals surface area contributed by atoms with E-state index in [4.69, 9.17) is 11.6 Å². The van der Waals surface area contributed by atoms with Gasteiger partial charge in [0.2, 0.25) is 0 Å². The number of hydrogen-bond donors (Lipinski definition) is 1. The van der Waals surface area contributed by atoms with Gasteiger partial charge in [-0.05, 0) is 24.6 Å². The molecule has 0 aliphatic heterocycles. The van der Waals surface area contributed by atoms with Gasteiger partial charge >= 0.3 is 0 Å². The Kier molecular flexibility index (Phi) is 3.36. The molecule has 84 valence electrons. The van der Waals surface area contributed by atoms with Crippen LogP contribution in [0.2, 0.25) is 0 Å². The molecule has 0 saturated carbocycles. The van der Waals surface area contributed by atoms with Crippen molar-refractivity contribution in [2.45, 2.75) is 12.8 Å². The third-order valence-corrected chi connectivity index (χ3v) is 3.23. The molecule has 1 aromatic rings. The van der Waals surface area contributed by atoms with Crippen molar-refractivity contribution in [3.05, 3.63) is 50.9 Å². The predicted octanol–water partition coefficient (Wildman–Crippen LogP) is 4.77. The smallest absolute Gasteiger partial charge is 0.132 e. The maximum absolute atomic E-state index is 13.7. The lowest BCUT2D eigenvalue weighted by molar-refractivity contribution is 0.390. The second-order valence-electron chi connectivity index (χ2n) is 3.58. The van der Waals surface area contributed by atoms with Crippen molar-refractivity contribution in [2.24, 2.45) is 0 Å². The van der Waals surface area contributed by atoms with Gasteiger partial charge in [-0.1, -0.05) is 33.6 Å². The summed E-state index contributed by atoms with van der Waals surface area (Å²) in [6, 6.07) is 4.72. The van der Waals surface area contributed by atoms with Gasteiger partial charge < -0.3 is 5.11 Å². The van der Waals surface area contributed by atoms with Gasteiger partial charge in [0.25, 0.3) is 0 Å². The van der Waals surface area contributed by atoms with E-state index in [1.54, 1.807) is 18.2 Å². The molecular weight excluding hydrogens is 294 g/mol. The van der Waals surface area contributed by atoms with Crippen molar-refractivity contribution < 1.29 is 9.50 Å². The third kappa shape index (κ3) is 2.30. The maximum Gasteiger partial charge on any atom is 0.132 e. The predicted molar refractivity (Wildman–Crippen MR) is 66.8 cm³/mol. The van der Waals surface area contributed by atoms with E-state index in [-0.39, 0.29) is 11.6 Å². The van der Waals surface area contributed by atoms with E-state index in [2.05, 4.69) is 15.9 Å². The summed E-state index contributed by atoms with van der Waals surface area (Å²) < 4.78 is 14.4. The zero-order valence-corrected chi connectivity index (χ0v) is 10.6. The Morgan fingerprint density at radius 2 is 2.06 bits per heavy atom. The van der Waals surface area contributed by atoms with Gasteiger partial charge in [0.1, 0.15) is 11.6 Å². The Bertz CT molecular complexity index is 494. The van der Waals surface area contributed by atoms with E-state index in [0.29, 0.717) is 33.5 Å². The summed E-state index contributed by atoms with van der Waals surface area (Å²) in [4.78, 5) is 0. The molecule has 1 nitrogen and oxygen atoms in total. The zero-order valence-electron chi connectivity index (χ0n) is 8.30. The molecule has 0 amide bonds. The van der Waals surface area contributed by atoms with Crippen molar-refractivity contribution in [3.8, 4) is 0 Å². The molecule has 16 heavy (non-hydrogen) atoms. The SMILES string of the molecule is OC1=C(c2ccc(Br)cc2F)C=C(Cl)CC1. The molecule has 1 aliphatic carbocycles. The molecule has 0 atom stereocenters. The Hall–Kier alpha value is -0.800. The fraction of sp³-hybridized carbons (Fsp3) is 0.167. The molecule has 1 aromatic carbocycles. The number of halogens is 3. The van der Waals surface area contributed by atoms with Crippen molar-refractivity contribution in [1.82, 2.24) is 0 Å². The highest BCUT2D eigenvalue weighted by Gasteiger charge is 2.16. The van der Waals surface area contributed by atoms with Crippen molar-refractivity contribution >= 4 is 33.1 Å². The fourth-order valence-electron chi connectivity index (χ4n) is 1.63. The minimum atomic E-state index is -0.376. The quantitative estimate of drug-likeness (QED) is 0.792. The summed E-state index contributed by atoms with van der Waals surface area (Å²) in [5.41, 5.74) is 0.847. The first kappa shape index (κ1) is 11.7. The third-order valence-electron chi connectivity index (χ3n) is 2.43. The second kappa shape index (κ2) is 4.60. The number of allylic oxidation sites excluding steroid dienone is 4. The van der Waals surface area contributed by atoms with Crippen LogP contribution in [0.4, 0.5) is 4.39 Å². The van der Waals surface area contributed by atoms with Crippen LogP contribution in [-0.2, 0) is 0 Å². The molecule has 0 radical (unpaired) electrons. The minimum Gasteiger partial charge on any atom is -0.512 e. The number of benzene rings is 1. The Morgan fingerprint density at radius 3 is 2.75 bits per heavy atom. The van der Waals surface area contributed by atoms with Crippen LogP contribution in [0.3, 0.4) is 0 Å². The molecule has 0 aromatic heterocycles. The molecule has 0 heterocycles. The molecule has 0 spiro atoms. The lowest BCUT2D eigenvalue weighted by Crippen LogP contribution is -1.98. The van der Waals surface area contributed by atoms with Crippen LogP contribution >= 0.6 is 27.5 Å². The highest BCUT2D eigenvalue weighted by Crippen LogP contribution is 2.33. The van der Waals surface area contributed by atoms with Crippen LogP contribution in [0.15, 0.2) is 39.5 Å². The average Bonchev–Trinajstić information content (AvgIpc) is 2.22. The van der Waals surface area contributed by atoms with Gasteiger partial charge in [0, 0.05) is 27.1 Å². The van der Waals surface area contributed by atoms with Gasteiger partial charge in [0.05, 0.1) is 0 Å². The summed E-state index contributed by atoms with van der Waals surface area (Å²) in [7, 11) is 0. The van der Waals surface area contributed by atoms with Crippen molar-refractivity contribution in [3.63, 3.8) is 0 Å². The van der Waals surface area contributed by atoms with Crippen molar-refractivity contribution in [1.29, 1.82) is 0 Å². The Morgan fingerprint density at radius 1 is 1.31 bits per heavy atom. The maximum atomic E-state index is 13.7. The Labute approximate surface area is 106 Å². The number of aliphatic hydroxyl groups is 1. The normalized spacial score (nSPS) is 16.3. The molecule has 0 bridgehead atoms. The van der Waals surface area contributed by atoms with E-state index >= 15 is 0 Å². The lowest BCUT2D eigenvalue weighted by Gasteiger charge is -2.14. The van der Waals surface area contributed by atoms with E-state index < -0.39 is 0 Å². The molecular formula is C12H9BrClFO. The van der Waals surface area contributed by atoms with Gasteiger partial charge in [0.15, 0.2) is 0 Å². The topological polar surface area (TPSA) is 20.2 Å². The first-order valence-corrected chi connectivity index (χ1v) is 5.98. The van der Waals surface area contributed by atoms with E-state index in [9.17, 15) is 9.50 Å². The molecule has 0 unspecified atom stereocenters. The van der Waals surface area contributed by atoms with Gasteiger partial charge in [-0.2, -0.15) is 0 Å². The van der Waals surface area contributed by atoms with Crippen LogP contribution < -0.4 is 0 Å².